The minimum atomic E-state index is 0. The largest absolute Gasteiger partial charge is 0.308 e. The van der Waals surface area contributed by atoms with Crippen LogP contribution in [0.3, 0.4) is 0 Å². The van der Waals surface area contributed by atoms with E-state index in [1.54, 1.807) is 0 Å². The lowest BCUT2D eigenvalue weighted by atomic mass is 10.0. The van der Waals surface area contributed by atoms with Gasteiger partial charge in [0.25, 0.3) is 0 Å². The van der Waals surface area contributed by atoms with Gasteiger partial charge in [-0.15, -0.1) is 24.8 Å². The molecule has 0 fully saturated rings. The quantitative estimate of drug-likeness (QED) is 0.823. The lowest BCUT2D eigenvalue weighted by Gasteiger charge is -2.34. The molecule has 0 radical (unpaired) electrons. The van der Waals surface area contributed by atoms with Crippen LogP contribution < -0.4 is 10.6 Å². The zero-order valence-electron chi connectivity index (χ0n) is 12.0. The number of hydrogen-bond acceptors (Lipinski definition) is 2. The summed E-state index contributed by atoms with van der Waals surface area (Å²) < 4.78 is 0. The van der Waals surface area contributed by atoms with Crippen molar-refractivity contribution in [1.29, 1.82) is 0 Å². The van der Waals surface area contributed by atoms with Gasteiger partial charge in [-0.05, 0) is 55.4 Å². The minimum absolute atomic E-state index is 0. The van der Waals surface area contributed by atoms with Gasteiger partial charge in [-0.3, -0.25) is 0 Å². The van der Waals surface area contributed by atoms with Crippen molar-refractivity contribution in [3.63, 3.8) is 0 Å². The monoisotopic (exact) mass is 272 g/mol. The van der Waals surface area contributed by atoms with Gasteiger partial charge >= 0.3 is 0 Å². The Morgan fingerprint density at radius 1 is 0.625 bits per heavy atom. The summed E-state index contributed by atoms with van der Waals surface area (Å²) in [4.78, 5) is 0. The lowest BCUT2D eigenvalue weighted by Crippen LogP contribution is -2.55. The van der Waals surface area contributed by atoms with Crippen LogP contribution in [0.1, 0.15) is 55.4 Å². The van der Waals surface area contributed by atoms with E-state index < -0.39 is 0 Å². The third-order valence-electron chi connectivity index (χ3n) is 2.07. The Balaban J connectivity index is -0.000000845. The van der Waals surface area contributed by atoms with Gasteiger partial charge in [0.1, 0.15) is 0 Å². The summed E-state index contributed by atoms with van der Waals surface area (Å²) in [7, 11) is 0. The molecule has 2 unspecified atom stereocenters. The highest BCUT2D eigenvalue weighted by atomic mass is 35.5. The van der Waals surface area contributed by atoms with Crippen molar-refractivity contribution in [3.05, 3.63) is 0 Å². The zero-order valence-corrected chi connectivity index (χ0v) is 13.6. The molecule has 0 aliphatic rings. The van der Waals surface area contributed by atoms with Crippen molar-refractivity contribution < 1.29 is 0 Å². The van der Waals surface area contributed by atoms with Gasteiger partial charge in [0, 0.05) is 23.2 Å². The molecule has 0 amide bonds. The molecule has 0 aromatic heterocycles. The molecular weight excluding hydrogens is 243 g/mol. The third-order valence-corrected chi connectivity index (χ3v) is 2.07. The summed E-state index contributed by atoms with van der Waals surface area (Å²) in [6, 6.07) is 0.962. The molecule has 2 atom stereocenters. The number of halogens is 2. The predicted molar refractivity (Wildman–Crippen MR) is 79.2 cm³/mol. The summed E-state index contributed by atoms with van der Waals surface area (Å²) in [5.74, 6) is 0. The Kier molecular flexibility index (Phi) is 10.5. The Morgan fingerprint density at radius 3 is 0.938 bits per heavy atom. The topological polar surface area (TPSA) is 24.1 Å². The third kappa shape index (κ3) is 12.6. The molecule has 0 aliphatic heterocycles. The van der Waals surface area contributed by atoms with Crippen LogP contribution in [0, 0.1) is 0 Å². The molecule has 0 rings (SSSR count). The molecule has 0 bridgehead atoms. The first-order chi connectivity index (χ1) is 6.01. The highest BCUT2D eigenvalue weighted by molar-refractivity contribution is 5.85. The van der Waals surface area contributed by atoms with Crippen molar-refractivity contribution in [2.45, 2.75) is 78.6 Å². The molecule has 0 aliphatic carbocycles. The van der Waals surface area contributed by atoms with E-state index in [0.29, 0.717) is 12.1 Å². The Labute approximate surface area is 114 Å². The molecule has 0 aromatic carbocycles. The molecule has 2 nitrogen and oxygen atoms in total. The fourth-order valence-corrected chi connectivity index (χ4v) is 1.62. The van der Waals surface area contributed by atoms with Crippen LogP contribution >= 0.6 is 24.8 Å². The second-order valence-corrected chi connectivity index (χ2v) is 6.37. The maximum absolute atomic E-state index is 3.58. The van der Waals surface area contributed by atoms with Gasteiger partial charge in [-0.2, -0.15) is 0 Å². The molecule has 16 heavy (non-hydrogen) atoms. The van der Waals surface area contributed by atoms with Crippen LogP contribution in [0.4, 0.5) is 0 Å². The first kappa shape index (κ1) is 21.8. The van der Waals surface area contributed by atoms with Crippen molar-refractivity contribution in [3.8, 4) is 0 Å². The average Bonchev–Trinajstić information content (AvgIpc) is 1.78. The minimum Gasteiger partial charge on any atom is -0.308 e. The molecule has 0 saturated carbocycles. The Hall–Kier alpha value is 0.500. The second kappa shape index (κ2) is 7.75. The molecule has 0 spiro atoms. The van der Waals surface area contributed by atoms with Crippen LogP contribution in [0.25, 0.3) is 0 Å². The van der Waals surface area contributed by atoms with Gasteiger partial charge in [0.05, 0.1) is 0 Å². The number of nitrogens with one attached hydrogen (secondary N) is 2. The summed E-state index contributed by atoms with van der Waals surface area (Å²) in [5, 5.41) is 7.16. The van der Waals surface area contributed by atoms with E-state index in [0.717, 1.165) is 0 Å². The normalized spacial score (nSPS) is 15.8. The van der Waals surface area contributed by atoms with E-state index in [4.69, 9.17) is 0 Å². The molecule has 0 aromatic rings. The fourth-order valence-electron chi connectivity index (χ4n) is 1.62. The smallest absolute Gasteiger partial charge is 0.0195 e. The van der Waals surface area contributed by atoms with Crippen molar-refractivity contribution >= 4 is 24.8 Å². The van der Waals surface area contributed by atoms with E-state index in [2.05, 4.69) is 66.0 Å². The van der Waals surface area contributed by atoms with Gasteiger partial charge in [-0.25, -0.2) is 0 Å². The van der Waals surface area contributed by atoms with E-state index >= 15 is 0 Å². The van der Waals surface area contributed by atoms with Crippen LogP contribution in [-0.2, 0) is 0 Å². The lowest BCUT2D eigenvalue weighted by molar-refractivity contribution is 0.277. The number of rotatable bonds is 3. The number of hydrogen-bond donors (Lipinski definition) is 2. The van der Waals surface area contributed by atoms with E-state index in [1.165, 1.54) is 0 Å². The molecule has 4 heteroatoms. The van der Waals surface area contributed by atoms with Crippen LogP contribution in [0.15, 0.2) is 0 Å². The standard InChI is InChI=1S/C12H28N2.2ClH/c1-9(13-11(3,4)5)10(2)14-12(6,7)8;;/h9-10,13-14H,1-8H3;2*1H. The van der Waals surface area contributed by atoms with E-state index in [9.17, 15) is 0 Å². The maximum atomic E-state index is 3.58. The van der Waals surface area contributed by atoms with Crippen molar-refractivity contribution in [2.24, 2.45) is 0 Å². The van der Waals surface area contributed by atoms with Gasteiger partial charge in [0.15, 0.2) is 0 Å². The SMILES string of the molecule is CC(NC(C)(C)C)C(C)NC(C)(C)C.Cl.Cl. The average molecular weight is 273 g/mol. The predicted octanol–water partition coefficient (Wildman–Crippen LogP) is 3.38. The summed E-state index contributed by atoms with van der Waals surface area (Å²) in [5.41, 5.74) is 0.375. The molecular formula is C12H30Cl2N2. The second-order valence-electron chi connectivity index (χ2n) is 6.37. The van der Waals surface area contributed by atoms with Gasteiger partial charge in [0.2, 0.25) is 0 Å². The molecule has 2 N–H and O–H groups in total. The first-order valence-corrected chi connectivity index (χ1v) is 5.57. The Bertz CT molecular complexity index is 151. The van der Waals surface area contributed by atoms with Gasteiger partial charge < -0.3 is 10.6 Å². The van der Waals surface area contributed by atoms with Crippen molar-refractivity contribution in [2.75, 3.05) is 0 Å². The maximum Gasteiger partial charge on any atom is 0.0195 e. The summed E-state index contributed by atoms with van der Waals surface area (Å²) in [6.45, 7) is 17.7. The zero-order chi connectivity index (χ0) is 11.6. The Morgan fingerprint density at radius 2 is 0.812 bits per heavy atom. The van der Waals surface area contributed by atoms with Crippen LogP contribution in [-0.4, -0.2) is 23.2 Å². The van der Waals surface area contributed by atoms with E-state index in [1.807, 2.05) is 0 Å². The highest BCUT2D eigenvalue weighted by Gasteiger charge is 2.21. The summed E-state index contributed by atoms with van der Waals surface area (Å²) >= 11 is 0. The fraction of sp³-hybridized carbons (Fsp3) is 1.00. The molecule has 0 saturated heterocycles. The summed E-state index contributed by atoms with van der Waals surface area (Å²) in [6.07, 6.45) is 0. The van der Waals surface area contributed by atoms with Crippen LogP contribution in [0.5, 0.6) is 0 Å². The molecule has 0 heterocycles. The van der Waals surface area contributed by atoms with Crippen molar-refractivity contribution in [1.82, 2.24) is 10.6 Å². The van der Waals surface area contributed by atoms with Crippen LogP contribution in [0.2, 0.25) is 0 Å². The molecule has 102 valence electrons. The highest BCUT2D eigenvalue weighted by Crippen LogP contribution is 2.07. The van der Waals surface area contributed by atoms with Gasteiger partial charge in [-0.1, -0.05) is 0 Å². The van der Waals surface area contributed by atoms with E-state index in [-0.39, 0.29) is 35.9 Å². The first-order valence-electron chi connectivity index (χ1n) is 5.57.